The standard InChI is InChI=1S/C22H22N2O3/c1-14(2)15-3-5-16(6-4-15)18-9-20(24-11-22(12-25)13-27-22)19(10-23)17-7-8-26-21(17)18/h3-6,9,12,14,24H,7-8,11,13H2,1-2H3. The van der Waals surface area contributed by atoms with Crippen LogP contribution in [-0.4, -0.2) is 31.6 Å². The minimum atomic E-state index is -0.749. The quantitative estimate of drug-likeness (QED) is 0.627. The van der Waals surface area contributed by atoms with E-state index in [1.807, 2.05) is 6.07 Å². The molecule has 1 fully saturated rings. The summed E-state index contributed by atoms with van der Waals surface area (Å²) in [6, 6.07) is 12.7. The molecule has 5 nitrogen and oxygen atoms in total. The van der Waals surface area contributed by atoms with Gasteiger partial charge in [-0.2, -0.15) is 5.26 Å². The van der Waals surface area contributed by atoms with Crippen LogP contribution < -0.4 is 10.1 Å². The number of hydrogen-bond donors (Lipinski definition) is 1. The molecule has 2 aliphatic rings. The highest BCUT2D eigenvalue weighted by molar-refractivity contribution is 5.82. The Hall–Kier alpha value is -2.84. The number of benzene rings is 2. The molecule has 0 amide bonds. The van der Waals surface area contributed by atoms with Crippen LogP contribution in [0.1, 0.15) is 36.5 Å². The summed E-state index contributed by atoms with van der Waals surface area (Å²) in [5.41, 5.74) is 4.80. The maximum atomic E-state index is 11.2. The molecular weight excluding hydrogens is 340 g/mol. The van der Waals surface area contributed by atoms with Crippen LogP contribution in [0.3, 0.4) is 0 Å². The molecule has 2 heterocycles. The van der Waals surface area contributed by atoms with Gasteiger partial charge in [0.25, 0.3) is 0 Å². The second-order valence-corrected chi connectivity index (χ2v) is 7.47. The fraction of sp³-hybridized carbons (Fsp3) is 0.364. The molecule has 0 aromatic heterocycles. The van der Waals surface area contributed by atoms with Crippen LogP contribution in [0.15, 0.2) is 30.3 Å². The molecule has 0 saturated carbocycles. The highest BCUT2D eigenvalue weighted by atomic mass is 16.6. The van der Waals surface area contributed by atoms with E-state index in [-0.39, 0.29) is 0 Å². The smallest absolute Gasteiger partial charge is 0.163 e. The van der Waals surface area contributed by atoms with E-state index < -0.39 is 5.60 Å². The van der Waals surface area contributed by atoms with Gasteiger partial charge in [-0.25, -0.2) is 0 Å². The molecule has 0 aliphatic carbocycles. The largest absolute Gasteiger partial charge is 0.492 e. The SMILES string of the molecule is CC(C)c1ccc(-c2cc(NCC3(C=O)CO3)c(C#N)c3c2OCC3)cc1. The molecule has 0 spiro atoms. The average molecular weight is 362 g/mol. The van der Waals surface area contributed by atoms with Crippen molar-refractivity contribution in [3.63, 3.8) is 0 Å². The van der Waals surface area contributed by atoms with Crippen molar-refractivity contribution in [2.24, 2.45) is 0 Å². The minimum Gasteiger partial charge on any atom is -0.492 e. The van der Waals surface area contributed by atoms with E-state index in [1.54, 1.807) is 0 Å². The zero-order chi connectivity index (χ0) is 19.0. The first-order valence-electron chi connectivity index (χ1n) is 9.24. The zero-order valence-electron chi connectivity index (χ0n) is 15.5. The summed E-state index contributed by atoms with van der Waals surface area (Å²) < 4.78 is 11.1. The lowest BCUT2D eigenvalue weighted by Gasteiger charge is -2.16. The fourth-order valence-electron chi connectivity index (χ4n) is 3.46. The lowest BCUT2D eigenvalue weighted by molar-refractivity contribution is -0.111. The van der Waals surface area contributed by atoms with Gasteiger partial charge in [0.2, 0.25) is 0 Å². The van der Waals surface area contributed by atoms with Crippen LogP contribution in [0, 0.1) is 11.3 Å². The predicted molar refractivity (Wildman–Crippen MR) is 103 cm³/mol. The Labute approximate surface area is 158 Å². The fourth-order valence-corrected chi connectivity index (χ4v) is 3.46. The van der Waals surface area contributed by atoms with Crippen LogP contribution in [0.25, 0.3) is 11.1 Å². The molecule has 27 heavy (non-hydrogen) atoms. The second kappa shape index (κ2) is 6.71. The number of ether oxygens (including phenoxy) is 2. The lowest BCUT2D eigenvalue weighted by Crippen LogP contribution is -2.25. The van der Waals surface area contributed by atoms with Crippen molar-refractivity contribution in [3.8, 4) is 22.9 Å². The van der Waals surface area contributed by atoms with Crippen molar-refractivity contribution in [2.45, 2.75) is 31.8 Å². The molecule has 1 N–H and O–H groups in total. The van der Waals surface area contributed by atoms with Gasteiger partial charge in [-0.3, -0.25) is 4.79 Å². The van der Waals surface area contributed by atoms with Crippen molar-refractivity contribution >= 4 is 12.0 Å². The Bertz CT molecular complexity index is 922. The van der Waals surface area contributed by atoms with E-state index in [1.165, 1.54) is 5.56 Å². The predicted octanol–water partition coefficient (Wildman–Crippen LogP) is 3.66. The summed E-state index contributed by atoms with van der Waals surface area (Å²) in [7, 11) is 0. The van der Waals surface area contributed by atoms with Crippen LogP contribution in [0.2, 0.25) is 0 Å². The maximum Gasteiger partial charge on any atom is 0.163 e. The number of anilines is 1. The van der Waals surface area contributed by atoms with E-state index in [4.69, 9.17) is 9.47 Å². The first-order valence-corrected chi connectivity index (χ1v) is 9.24. The van der Waals surface area contributed by atoms with Gasteiger partial charge in [-0.1, -0.05) is 38.1 Å². The number of fused-ring (bicyclic) bond motifs is 1. The van der Waals surface area contributed by atoms with Crippen molar-refractivity contribution in [3.05, 3.63) is 47.0 Å². The van der Waals surface area contributed by atoms with Crippen molar-refractivity contribution in [2.75, 3.05) is 25.1 Å². The molecule has 0 radical (unpaired) electrons. The number of carbonyl (C=O) groups is 1. The molecule has 5 heteroatoms. The van der Waals surface area contributed by atoms with Crippen molar-refractivity contribution in [1.82, 2.24) is 0 Å². The molecule has 4 rings (SSSR count). The van der Waals surface area contributed by atoms with E-state index in [2.05, 4.69) is 49.5 Å². The molecule has 2 aromatic carbocycles. The third kappa shape index (κ3) is 3.17. The van der Waals surface area contributed by atoms with Gasteiger partial charge in [-0.15, -0.1) is 0 Å². The van der Waals surface area contributed by atoms with Gasteiger partial charge in [0, 0.05) is 17.5 Å². The van der Waals surface area contributed by atoms with Gasteiger partial charge in [-0.05, 0) is 23.1 Å². The second-order valence-electron chi connectivity index (χ2n) is 7.47. The Morgan fingerprint density at radius 1 is 1.33 bits per heavy atom. The van der Waals surface area contributed by atoms with Gasteiger partial charge in [0.15, 0.2) is 11.9 Å². The number of aldehydes is 1. The third-order valence-electron chi connectivity index (χ3n) is 5.29. The van der Waals surface area contributed by atoms with E-state index in [0.29, 0.717) is 37.7 Å². The summed E-state index contributed by atoms with van der Waals surface area (Å²) >= 11 is 0. The van der Waals surface area contributed by atoms with Crippen LogP contribution in [-0.2, 0) is 16.0 Å². The van der Waals surface area contributed by atoms with Crippen molar-refractivity contribution in [1.29, 1.82) is 5.26 Å². The van der Waals surface area contributed by atoms with Gasteiger partial charge >= 0.3 is 0 Å². The zero-order valence-corrected chi connectivity index (χ0v) is 15.5. The minimum absolute atomic E-state index is 0.358. The molecule has 2 aliphatic heterocycles. The molecule has 1 unspecified atom stereocenters. The number of epoxide rings is 1. The highest BCUT2D eigenvalue weighted by Gasteiger charge is 2.44. The number of nitrogens with zero attached hydrogens (tertiary/aromatic N) is 1. The van der Waals surface area contributed by atoms with Gasteiger partial charge in [0.05, 0.1) is 31.0 Å². The van der Waals surface area contributed by atoms with Gasteiger partial charge in [0.1, 0.15) is 11.8 Å². The van der Waals surface area contributed by atoms with E-state index >= 15 is 0 Å². The number of rotatable bonds is 6. The Balaban J connectivity index is 1.75. The summed E-state index contributed by atoms with van der Waals surface area (Å²) in [6.45, 7) is 5.69. The molecule has 138 valence electrons. The molecule has 1 saturated heterocycles. The van der Waals surface area contributed by atoms with Crippen LogP contribution in [0.4, 0.5) is 5.69 Å². The van der Waals surface area contributed by atoms with Crippen LogP contribution >= 0.6 is 0 Å². The summed E-state index contributed by atoms with van der Waals surface area (Å²) in [6.07, 6.45) is 1.54. The Morgan fingerprint density at radius 2 is 2.07 bits per heavy atom. The maximum absolute atomic E-state index is 11.2. The summed E-state index contributed by atoms with van der Waals surface area (Å²) in [5.74, 6) is 1.26. The number of carbonyl (C=O) groups excluding carboxylic acids is 1. The van der Waals surface area contributed by atoms with Crippen LogP contribution in [0.5, 0.6) is 5.75 Å². The Morgan fingerprint density at radius 3 is 2.67 bits per heavy atom. The van der Waals surface area contributed by atoms with E-state index in [0.717, 1.165) is 34.4 Å². The molecular formula is C22H22N2O3. The molecule has 2 aromatic rings. The van der Waals surface area contributed by atoms with E-state index in [9.17, 15) is 10.1 Å². The first kappa shape index (κ1) is 17.6. The monoisotopic (exact) mass is 362 g/mol. The Kier molecular flexibility index (Phi) is 4.37. The normalized spacial score (nSPS) is 19.9. The third-order valence-corrected chi connectivity index (χ3v) is 5.29. The molecule has 1 atom stereocenters. The topological polar surface area (TPSA) is 74.7 Å². The number of nitriles is 1. The summed E-state index contributed by atoms with van der Waals surface area (Å²) in [4.78, 5) is 11.2. The average Bonchev–Trinajstić information content (AvgIpc) is 3.31. The van der Waals surface area contributed by atoms with Gasteiger partial charge < -0.3 is 14.8 Å². The number of nitrogens with one attached hydrogen (secondary N) is 1. The number of hydrogen-bond acceptors (Lipinski definition) is 5. The molecule has 0 bridgehead atoms. The lowest BCUT2D eigenvalue weighted by atomic mass is 9.93. The van der Waals surface area contributed by atoms with Crippen molar-refractivity contribution < 1.29 is 14.3 Å². The summed E-state index contributed by atoms with van der Waals surface area (Å²) in [5, 5.41) is 13.0. The highest BCUT2D eigenvalue weighted by Crippen LogP contribution is 2.42. The first-order chi connectivity index (χ1) is 13.1.